The fraction of sp³-hybridized carbons (Fsp3) is 0.462. The van der Waals surface area contributed by atoms with Gasteiger partial charge in [-0.05, 0) is 37.1 Å². The number of aliphatic carboxylic acids is 1. The van der Waals surface area contributed by atoms with Crippen LogP contribution in [-0.2, 0) is 14.8 Å². The maximum Gasteiger partial charge on any atom is 0.322 e. The first-order valence-corrected chi connectivity index (χ1v) is 8.66. The number of nitrogens with zero attached hydrogens (tertiary/aromatic N) is 1. The Labute approximate surface area is 126 Å². The molecular weight excluding hydrogens is 346 g/mol. The molecule has 7 heteroatoms. The van der Waals surface area contributed by atoms with Crippen molar-refractivity contribution in [2.45, 2.75) is 36.6 Å². The molecule has 0 spiro atoms. The summed E-state index contributed by atoms with van der Waals surface area (Å²) in [5.41, 5.74) is 0. The van der Waals surface area contributed by atoms with E-state index >= 15 is 0 Å². The lowest BCUT2D eigenvalue weighted by molar-refractivity contribution is -0.141. The van der Waals surface area contributed by atoms with E-state index in [1.54, 1.807) is 12.1 Å². The Hall–Kier alpha value is -0.920. The standard InChI is InChI=1S/C13H16BrNO4S/c14-10-5-7-11(8-6-10)20(18,19)15-9-3-1-2-4-12(15)13(16)17/h5-8,12H,1-4,9H2,(H,16,17). The molecule has 1 fully saturated rings. The Morgan fingerprint density at radius 3 is 2.45 bits per heavy atom. The van der Waals surface area contributed by atoms with Crippen LogP contribution in [0.15, 0.2) is 33.6 Å². The molecule has 2 rings (SSSR count). The second-order valence-corrected chi connectivity index (χ2v) is 7.58. The van der Waals surface area contributed by atoms with Gasteiger partial charge in [0, 0.05) is 11.0 Å². The van der Waals surface area contributed by atoms with Gasteiger partial charge in [0.25, 0.3) is 0 Å². The maximum absolute atomic E-state index is 12.6. The van der Waals surface area contributed by atoms with Crippen molar-refractivity contribution in [1.29, 1.82) is 0 Å². The summed E-state index contributed by atoms with van der Waals surface area (Å²) in [7, 11) is -3.76. The van der Waals surface area contributed by atoms with E-state index < -0.39 is 22.0 Å². The van der Waals surface area contributed by atoms with Gasteiger partial charge in [0.1, 0.15) is 6.04 Å². The predicted molar refractivity (Wildman–Crippen MR) is 77.9 cm³/mol. The highest BCUT2D eigenvalue weighted by Gasteiger charge is 2.36. The second-order valence-electron chi connectivity index (χ2n) is 4.77. The highest BCUT2D eigenvalue weighted by Crippen LogP contribution is 2.25. The molecule has 1 N–H and O–H groups in total. The molecule has 1 heterocycles. The van der Waals surface area contributed by atoms with Crippen molar-refractivity contribution >= 4 is 31.9 Å². The SMILES string of the molecule is O=C(O)C1CCCCCN1S(=O)(=O)c1ccc(Br)cc1. The van der Waals surface area contributed by atoms with Crippen molar-refractivity contribution in [3.8, 4) is 0 Å². The average Bonchev–Trinajstić information content (AvgIpc) is 2.65. The normalized spacial score (nSPS) is 21.4. The molecule has 0 saturated carbocycles. The Morgan fingerprint density at radius 2 is 1.85 bits per heavy atom. The molecule has 0 bridgehead atoms. The van der Waals surface area contributed by atoms with E-state index in [2.05, 4.69) is 15.9 Å². The summed E-state index contributed by atoms with van der Waals surface area (Å²) < 4.78 is 27.1. The number of hydrogen-bond donors (Lipinski definition) is 1. The lowest BCUT2D eigenvalue weighted by Crippen LogP contribution is -2.44. The fourth-order valence-corrected chi connectivity index (χ4v) is 4.27. The number of sulfonamides is 1. The molecule has 1 aliphatic rings. The molecule has 110 valence electrons. The summed E-state index contributed by atoms with van der Waals surface area (Å²) in [6, 6.07) is 5.29. The number of halogens is 1. The van der Waals surface area contributed by atoms with Crippen LogP contribution in [0.25, 0.3) is 0 Å². The fourth-order valence-electron chi connectivity index (χ4n) is 2.36. The van der Waals surface area contributed by atoms with E-state index in [4.69, 9.17) is 0 Å². The molecule has 1 unspecified atom stereocenters. The van der Waals surface area contributed by atoms with Crippen LogP contribution in [0.3, 0.4) is 0 Å². The molecule has 0 radical (unpaired) electrons. The number of hydrogen-bond acceptors (Lipinski definition) is 3. The second kappa shape index (κ2) is 6.24. The minimum absolute atomic E-state index is 0.133. The van der Waals surface area contributed by atoms with Gasteiger partial charge in [-0.3, -0.25) is 4.79 Å². The molecule has 1 atom stereocenters. The largest absolute Gasteiger partial charge is 0.480 e. The van der Waals surface area contributed by atoms with Crippen LogP contribution in [0.2, 0.25) is 0 Å². The summed E-state index contributed by atoms with van der Waals surface area (Å²) >= 11 is 3.25. The van der Waals surface area contributed by atoms with E-state index in [0.29, 0.717) is 12.8 Å². The zero-order valence-corrected chi connectivity index (χ0v) is 13.2. The first-order valence-electron chi connectivity index (χ1n) is 6.43. The molecule has 5 nitrogen and oxygen atoms in total. The summed E-state index contributed by atoms with van der Waals surface area (Å²) in [6.45, 7) is 0.259. The molecule has 1 aromatic rings. The van der Waals surface area contributed by atoms with Crippen LogP contribution in [0.4, 0.5) is 0 Å². The third-order valence-corrected chi connectivity index (χ3v) is 5.86. The van der Waals surface area contributed by atoms with Gasteiger partial charge in [-0.1, -0.05) is 28.8 Å². The smallest absolute Gasteiger partial charge is 0.322 e. The number of rotatable bonds is 3. The highest BCUT2D eigenvalue weighted by molar-refractivity contribution is 9.10. The Balaban J connectivity index is 2.39. The van der Waals surface area contributed by atoms with Crippen molar-refractivity contribution in [3.05, 3.63) is 28.7 Å². The lowest BCUT2D eigenvalue weighted by atomic mass is 10.1. The van der Waals surface area contributed by atoms with Crippen LogP contribution in [0.5, 0.6) is 0 Å². The third kappa shape index (κ3) is 3.21. The molecule has 0 aliphatic carbocycles. The summed E-state index contributed by atoms with van der Waals surface area (Å²) in [6.07, 6.45) is 2.66. The Bertz CT molecular complexity index is 585. The van der Waals surface area contributed by atoms with Crippen LogP contribution < -0.4 is 0 Å². The predicted octanol–water partition coefficient (Wildman–Crippen LogP) is 2.47. The van der Waals surface area contributed by atoms with E-state index in [9.17, 15) is 18.3 Å². The molecular formula is C13H16BrNO4S. The van der Waals surface area contributed by atoms with Crippen molar-refractivity contribution < 1.29 is 18.3 Å². The van der Waals surface area contributed by atoms with Crippen molar-refractivity contribution in [1.82, 2.24) is 4.31 Å². The molecule has 20 heavy (non-hydrogen) atoms. The van der Waals surface area contributed by atoms with Gasteiger partial charge in [0.2, 0.25) is 10.0 Å². The van der Waals surface area contributed by atoms with Crippen molar-refractivity contribution in [2.24, 2.45) is 0 Å². The minimum atomic E-state index is -3.76. The molecule has 1 saturated heterocycles. The number of benzene rings is 1. The van der Waals surface area contributed by atoms with Crippen molar-refractivity contribution in [2.75, 3.05) is 6.54 Å². The minimum Gasteiger partial charge on any atom is -0.480 e. The topological polar surface area (TPSA) is 74.7 Å². The van der Waals surface area contributed by atoms with Gasteiger partial charge in [-0.2, -0.15) is 4.31 Å². The zero-order chi connectivity index (χ0) is 14.8. The first-order chi connectivity index (χ1) is 9.43. The molecule has 0 amide bonds. The summed E-state index contributed by atoms with van der Waals surface area (Å²) in [5.74, 6) is -1.08. The number of carboxylic acid groups (broad SMARTS) is 1. The lowest BCUT2D eigenvalue weighted by Gasteiger charge is -2.26. The maximum atomic E-state index is 12.6. The van der Waals surface area contributed by atoms with Crippen LogP contribution in [0, 0.1) is 0 Å². The Morgan fingerprint density at radius 1 is 1.20 bits per heavy atom. The van der Waals surface area contributed by atoms with Crippen LogP contribution >= 0.6 is 15.9 Å². The van der Waals surface area contributed by atoms with Gasteiger partial charge in [-0.15, -0.1) is 0 Å². The third-order valence-electron chi connectivity index (χ3n) is 3.41. The van der Waals surface area contributed by atoms with Crippen LogP contribution in [-0.4, -0.2) is 36.4 Å². The first kappa shape index (κ1) is 15.5. The quantitative estimate of drug-likeness (QED) is 0.897. The molecule has 0 aromatic heterocycles. The van der Waals surface area contributed by atoms with Gasteiger partial charge in [-0.25, -0.2) is 8.42 Å². The highest BCUT2D eigenvalue weighted by atomic mass is 79.9. The van der Waals surface area contributed by atoms with E-state index in [-0.39, 0.29) is 11.4 Å². The zero-order valence-electron chi connectivity index (χ0n) is 10.8. The van der Waals surface area contributed by atoms with Crippen molar-refractivity contribution in [3.63, 3.8) is 0 Å². The molecule has 1 aliphatic heterocycles. The molecule has 1 aromatic carbocycles. The number of carboxylic acids is 1. The monoisotopic (exact) mass is 361 g/mol. The van der Waals surface area contributed by atoms with Crippen LogP contribution in [0.1, 0.15) is 25.7 Å². The van der Waals surface area contributed by atoms with Gasteiger partial charge in [0.15, 0.2) is 0 Å². The Kier molecular flexibility index (Phi) is 4.82. The van der Waals surface area contributed by atoms with Gasteiger partial charge in [0.05, 0.1) is 4.90 Å². The average molecular weight is 362 g/mol. The van der Waals surface area contributed by atoms with Gasteiger partial charge >= 0.3 is 5.97 Å². The number of carbonyl (C=O) groups is 1. The van der Waals surface area contributed by atoms with Gasteiger partial charge < -0.3 is 5.11 Å². The summed E-state index contributed by atoms with van der Waals surface area (Å²) in [5, 5.41) is 9.27. The van der Waals surface area contributed by atoms with E-state index in [1.807, 2.05) is 0 Å². The summed E-state index contributed by atoms with van der Waals surface area (Å²) in [4.78, 5) is 11.5. The van der Waals surface area contributed by atoms with E-state index in [0.717, 1.165) is 21.6 Å². The van der Waals surface area contributed by atoms with E-state index in [1.165, 1.54) is 12.1 Å².